The molecule has 0 fully saturated rings. The second-order valence-corrected chi connectivity index (χ2v) is 6.12. The maximum absolute atomic E-state index is 5.66. The molecule has 0 aliphatic carbocycles. The van der Waals surface area contributed by atoms with Crippen molar-refractivity contribution < 1.29 is 0 Å². The van der Waals surface area contributed by atoms with Crippen molar-refractivity contribution in [3.8, 4) is 0 Å². The molecule has 2 aromatic rings. The number of benzene rings is 1. The molecular formula is C13H17N3S2. The molecule has 0 aliphatic rings. The molecule has 2 N–H and O–H groups in total. The molecular weight excluding hydrogens is 262 g/mol. The Labute approximate surface area is 116 Å². The van der Waals surface area contributed by atoms with E-state index in [0.29, 0.717) is 0 Å². The van der Waals surface area contributed by atoms with Gasteiger partial charge in [0, 0.05) is 17.9 Å². The number of nitrogen functional groups attached to an aromatic ring is 1. The van der Waals surface area contributed by atoms with Gasteiger partial charge in [0.2, 0.25) is 0 Å². The molecule has 0 spiro atoms. The van der Waals surface area contributed by atoms with Crippen LogP contribution in [0, 0.1) is 0 Å². The number of aryl methyl sites for hydroxylation is 2. The van der Waals surface area contributed by atoms with E-state index in [0.717, 1.165) is 40.9 Å². The number of hydrogen-bond donors (Lipinski definition) is 1. The summed E-state index contributed by atoms with van der Waals surface area (Å²) in [6, 6.07) is 8.11. The van der Waals surface area contributed by atoms with Crippen molar-refractivity contribution in [1.29, 1.82) is 0 Å². The Morgan fingerprint density at radius 1 is 1.28 bits per heavy atom. The lowest BCUT2D eigenvalue weighted by atomic mass is 10.1. The number of nitrogens with two attached hydrogens (primary N) is 1. The number of nitrogens with zero attached hydrogens (tertiary/aromatic N) is 2. The molecule has 1 aromatic carbocycles. The highest BCUT2D eigenvalue weighted by Gasteiger charge is 2.02. The van der Waals surface area contributed by atoms with Crippen molar-refractivity contribution in [3.05, 3.63) is 35.7 Å². The van der Waals surface area contributed by atoms with Gasteiger partial charge in [-0.25, -0.2) is 4.98 Å². The van der Waals surface area contributed by atoms with E-state index in [4.69, 9.17) is 5.73 Å². The van der Waals surface area contributed by atoms with Crippen molar-refractivity contribution in [3.63, 3.8) is 0 Å². The first-order chi connectivity index (χ1) is 8.78. The molecule has 0 unspecified atom stereocenters. The summed E-state index contributed by atoms with van der Waals surface area (Å²) in [5, 5.41) is 0. The third kappa shape index (κ3) is 3.99. The van der Waals surface area contributed by atoms with Gasteiger partial charge >= 0.3 is 0 Å². The monoisotopic (exact) mass is 279 g/mol. The van der Waals surface area contributed by atoms with Gasteiger partial charge in [0.15, 0.2) is 4.34 Å². The number of aromatic nitrogens is 2. The third-order valence-corrected chi connectivity index (χ3v) is 4.54. The van der Waals surface area contributed by atoms with Crippen molar-refractivity contribution in [1.82, 2.24) is 9.36 Å². The average molecular weight is 279 g/mol. The van der Waals surface area contributed by atoms with Crippen LogP contribution in [-0.4, -0.2) is 15.1 Å². The van der Waals surface area contributed by atoms with Crippen LogP contribution in [0.2, 0.25) is 0 Å². The molecule has 0 saturated carbocycles. The molecule has 1 aromatic heterocycles. The Hall–Kier alpha value is -1.07. The maximum Gasteiger partial charge on any atom is 0.170 e. The molecule has 2 rings (SSSR count). The van der Waals surface area contributed by atoms with Gasteiger partial charge in [-0.1, -0.05) is 30.8 Å². The highest BCUT2D eigenvalue weighted by molar-refractivity contribution is 8.00. The predicted octanol–water partition coefficient (Wildman–Crippen LogP) is 3.41. The quantitative estimate of drug-likeness (QED) is 0.500. The van der Waals surface area contributed by atoms with Crippen LogP contribution < -0.4 is 5.73 Å². The van der Waals surface area contributed by atoms with Crippen LogP contribution in [0.15, 0.2) is 28.6 Å². The van der Waals surface area contributed by atoms with Gasteiger partial charge in [0.1, 0.15) is 5.82 Å². The number of hydrogen-bond acceptors (Lipinski definition) is 5. The van der Waals surface area contributed by atoms with E-state index in [9.17, 15) is 0 Å². The van der Waals surface area contributed by atoms with Gasteiger partial charge in [-0.05, 0) is 42.1 Å². The summed E-state index contributed by atoms with van der Waals surface area (Å²) in [7, 11) is 0. The van der Waals surface area contributed by atoms with Crippen LogP contribution >= 0.6 is 23.3 Å². The first-order valence-corrected chi connectivity index (χ1v) is 7.83. The minimum Gasteiger partial charge on any atom is -0.399 e. The Balaban J connectivity index is 1.71. The molecule has 0 saturated heterocycles. The summed E-state index contributed by atoms with van der Waals surface area (Å²) in [6.07, 6.45) is 3.16. The maximum atomic E-state index is 5.66. The smallest absolute Gasteiger partial charge is 0.170 e. The molecule has 0 amide bonds. The molecule has 96 valence electrons. The van der Waals surface area contributed by atoms with E-state index < -0.39 is 0 Å². The van der Waals surface area contributed by atoms with Gasteiger partial charge in [-0.2, -0.15) is 4.37 Å². The van der Waals surface area contributed by atoms with Gasteiger partial charge in [-0.15, -0.1) is 0 Å². The summed E-state index contributed by atoms with van der Waals surface area (Å²) in [5.74, 6) is 2.05. The minimum absolute atomic E-state index is 0.828. The van der Waals surface area contributed by atoms with Crippen LogP contribution in [0.4, 0.5) is 5.69 Å². The number of thioether (sulfide) groups is 1. The highest BCUT2D eigenvalue weighted by Crippen LogP contribution is 2.21. The van der Waals surface area contributed by atoms with Crippen molar-refractivity contribution in [2.24, 2.45) is 0 Å². The number of rotatable bonds is 6. The summed E-state index contributed by atoms with van der Waals surface area (Å²) >= 11 is 3.31. The standard InChI is InChI=1S/C13H17N3S2/c1-2-12-15-13(18-16-12)17-9-3-4-10-5-7-11(14)8-6-10/h5-8H,2-4,9,14H2,1H3. The molecule has 0 radical (unpaired) electrons. The fourth-order valence-electron chi connectivity index (χ4n) is 1.56. The zero-order valence-electron chi connectivity index (χ0n) is 10.4. The molecule has 1 heterocycles. The zero-order valence-corrected chi connectivity index (χ0v) is 12.1. The Morgan fingerprint density at radius 3 is 2.72 bits per heavy atom. The zero-order chi connectivity index (χ0) is 12.8. The fraction of sp³-hybridized carbons (Fsp3) is 0.385. The normalized spacial score (nSPS) is 10.7. The lowest BCUT2D eigenvalue weighted by Crippen LogP contribution is -1.89. The lowest BCUT2D eigenvalue weighted by Gasteiger charge is -2.01. The lowest BCUT2D eigenvalue weighted by molar-refractivity contribution is 0.929. The average Bonchev–Trinajstić information content (AvgIpc) is 2.85. The predicted molar refractivity (Wildman–Crippen MR) is 79.2 cm³/mol. The van der Waals surface area contributed by atoms with Crippen LogP contribution in [0.1, 0.15) is 24.7 Å². The largest absolute Gasteiger partial charge is 0.399 e. The van der Waals surface area contributed by atoms with Gasteiger partial charge in [-0.3, -0.25) is 0 Å². The first kappa shape index (κ1) is 13.4. The molecule has 18 heavy (non-hydrogen) atoms. The van der Waals surface area contributed by atoms with Gasteiger partial charge < -0.3 is 5.73 Å². The highest BCUT2D eigenvalue weighted by atomic mass is 32.2. The van der Waals surface area contributed by atoms with Crippen molar-refractivity contribution >= 4 is 29.0 Å². The first-order valence-electron chi connectivity index (χ1n) is 6.07. The van der Waals surface area contributed by atoms with Gasteiger partial charge in [0.05, 0.1) is 0 Å². The second kappa shape index (κ2) is 6.75. The molecule has 0 aliphatic heterocycles. The minimum atomic E-state index is 0.828. The molecule has 3 nitrogen and oxygen atoms in total. The summed E-state index contributed by atoms with van der Waals surface area (Å²) in [6.45, 7) is 2.08. The fourth-order valence-corrected chi connectivity index (χ4v) is 3.27. The van der Waals surface area contributed by atoms with Gasteiger partial charge in [0.25, 0.3) is 0 Å². The van der Waals surface area contributed by atoms with E-state index >= 15 is 0 Å². The summed E-state index contributed by atoms with van der Waals surface area (Å²) in [4.78, 5) is 4.44. The van der Waals surface area contributed by atoms with Crippen LogP contribution in [0.3, 0.4) is 0 Å². The van der Waals surface area contributed by atoms with E-state index in [1.54, 1.807) is 11.8 Å². The number of anilines is 1. The van der Waals surface area contributed by atoms with Crippen molar-refractivity contribution in [2.75, 3.05) is 11.5 Å². The van der Waals surface area contributed by atoms with Crippen LogP contribution in [-0.2, 0) is 12.8 Å². The van der Waals surface area contributed by atoms with E-state index in [-0.39, 0.29) is 0 Å². The summed E-state index contributed by atoms with van der Waals surface area (Å²) < 4.78 is 5.36. The molecule has 5 heteroatoms. The SMILES string of the molecule is CCc1nsc(SCCCc2ccc(N)cc2)n1. The Kier molecular flexibility index (Phi) is 5.01. The van der Waals surface area contributed by atoms with E-state index in [1.807, 2.05) is 12.1 Å². The molecule has 0 atom stereocenters. The Morgan fingerprint density at radius 2 is 2.06 bits per heavy atom. The summed E-state index contributed by atoms with van der Waals surface area (Å²) in [5.41, 5.74) is 7.83. The van der Waals surface area contributed by atoms with Crippen molar-refractivity contribution in [2.45, 2.75) is 30.5 Å². The van der Waals surface area contributed by atoms with E-state index in [1.165, 1.54) is 17.1 Å². The topological polar surface area (TPSA) is 51.8 Å². The third-order valence-electron chi connectivity index (χ3n) is 2.58. The van der Waals surface area contributed by atoms with Crippen LogP contribution in [0.25, 0.3) is 0 Å². The molecule has 0 bridgehead atoms. The Bertz CT molecular complexity index is 479. The second-order valence-electron chi connectivity index (χ2n) is 4.02. The van der Waals surface area contributed by atoms with E-state index in [2.05, 4.69) is 28.4 Å². The van der Waals surface area contributed by atoms with Crippen LogP contribution in [0.5, 0.6) is 0 Å².